The molecule has 0 bridgehead atoms. The van der Waals surface area contributed by atoms with Crippen LogP contribution in [0.2, 0.25) is 0 Å². The highest BCUT2D eigenvalue weighted by Crippen LogP contribution is 2.17. The van der Waals surface area contributed by atoms with Crippen LogP contribution in [0.4, 0.5) is 10.1 Å². The maximum Gasteiger partial charge on any atom is 0.129 e. The van der Waals surface area contributed by atoms with E-state index in [1.54, 1.807) is 12.1 Å². The van der Waals surface area contributed by atoms with Crippen molar-refractivity contribution in [1.82, 2.24) is 4.90 Å². The molecule has 0 atom stereocenters. The van der Waals surface area contributed by atoms with Crippen molar-refractivity contribution in [2.45, 2.75) is 19.9 Å². The lowest BCUT2D eigenvalue weighted by Crippen LogP contribution is -2.24. The van der Waals surface area contributed by atoms with Gasteiger partial charge in [0.1, 0.15) is 5.82 Å². The fourth-order valence-corrected chi connectivity index (χ4v) is 1.52. The van der Waals surface area contributed by atoms with Gasteiger partial charge in [0.05, 0.1) is 6.07 Å². The SMILES string of the molecule is CCN(CCC#N)Cc1c(N)cccc1F. The van der Waals surface area contributed by atoms with Gasteiger partial charge in [0.15, 0.2) is 0 Å². The first-order chi connectivity index (χ1) is 7.69. The lowest BCUT2D eigenvalue weighted by atomic mass is 10.1. The summed E-state index contributed by atoms with van der Waals surface area (Å²) in [5.41, 5.74) is 6.71. The number of nitrogens with two attached hydrogens (primary N) is 1. The van der Waals surface area contributed by atoms with Crippen LogP contribution in [0.1, 0.15) is 18.9 Å². The number of nitriles is 1. The zero-order valence-electron chi connectivity index (χ0n) is 9.41. The van der Waals surface area contributed by atoms with Gasteiger partial charge in [0.25, 0.3) is 0 Å². The van der Waals surface area contributed by atoms with Crippen molar-refractivity contribution in [1.29, 1.82) is 5.26 Å². The summed E-state index contributed by atoms with van der Waals surface area (Å²) >= 11 is 0. The fourth-order valence-electron chi connectivity index (χ4n) is 1.52. The second kappa shape index (κ2) is 6.09. The summed E-state index contributed by atoms with van der Waals surface area (Å²) in [6.07, 6.45) is 0.447. The monoisotopic (exact) mass is 221 g/mol. The highest BCUT2D eigenvalue weighted by atomic mass is 19.1. The van der Waals surface area contributed by atoms with E-state index < -0.39 is 0 Å². The van der Waals surface area contributed by atoms with Crippen molar-refractivity contribution >= 4 is 5.69 Å². The Kier molecular flexibility index (Phi) is 4.74. The van der Waals surface area contributed by atoms with Crippen LogP contribution in [0.25, 0.3) is 0 Å². The second-order valence-corrected chi connectivity index (χ2v) is 3.58. The van der Waals surface area contributed by atoms with Gasteiger partial charge in [0.2, 0.25) is 0 Å². The number of nitrogen functional groups attached to an aromatic ring is 1. The molecule has 0 heterocycles. The average molecular weight is 221 g/mol. The van der Waals surface area contributed by atoms with E-state index in [9.17, 15) is 4.39 Å². The number of rotatable bonds is 5. The molecular formula is C12H16FN3. The summed E-state index contributed by atoms with van der Waals surface area (Å²) in [4.78, 5) is 2.00. The normalized spacial score (nSPS) is 10.4. The van der Waals surface area contributed by atoms with Crippen LogP contribution in [-0.4, -0.2) is 18.0 Å². The Hall–Kier alpha value is -1.60. The number of halogens is 1. The van der Waals surface area contributed by atoms with E-state index in [1.807, 2.05) is 11.8 Å². The van der Waals surface area contributed by atoms with Crippen LogP contribution in [0.15, 0.2) is 18.2 Å². The van der Waals surface area contributed by atoms with Crippen LogP contribution >= 0.6 is 0 Å². The van der Waals surface area contributed by atoms with Crippen LogP contribution in [0, 0.1) is 17.1 Å². The standard InChI is InChI=1S/C12H16FN3/c1-2-16(8-4-7-14)9-10-11(13)5-3-6-12(10)15/h3,5-6H,2,4,8-9,15H2,1H3. The molecule has 1 aromatic carbocycles. The van der Waals surface area contributed by atoms with Gasteiger partial charge in [-0.05, 0) is 18.7 Å². The Morgan fingerprint density at radius 2 is 2.25 bits per heavy atom. The van der Waals surface area contributed by atoms with E-state index in [-0.39, 0.29) is 5.82 Å². The molecule has 0 aromatic heterocycles. The third-order valence-electron chi connectivity index (χ3n) is 2.52. The van der Waals surface area contributed by atoms with E-state index in [0.717, 1.165) is 6.54 Å². The van der Waals surface area contributed by atoms with Gasteiger partial charge in [-0.15, -0.1) is 0 Å². The summed E-state index contributed by atoms with van der Waals surface area (Å²) in [5.74, 6) is -0.282. The molecular weight excluding hydrogens is 205 g/mol. The molecule has 1 aromatic rings. The minimum absolute atomic E-state index is 0.282. The third-order valence-corrected chi connectivity index (χ3v) is 2.52. The summed E-state index contributed by atoms with van der Waals surface area (Å²) < 4.78 is 13.5. The van der Waals surface area contributed by atoms with Crippen LogP contribution in [0.3, 0.4) is 0 Å². The average Bonchev–Trinajstić information content (AvgIpc) is 2.28. The Labute approximate surface area is 95.3 Å². The van der Waals surface area contributed by atoms with Crippen LogP contribution in [0.5, 0.6) is 0 Å². The van der Waals surface area contributed by atoms with Crippen molar-refractivity contribution in [3.05, 3.63) is 29.6 Å². The zero-order chi connectivity index (χ0) is 12.0. The Balaban J connectivity index is 2.74. The molecule has 1 rings (SSSR count). The first-order valence-corrected chi connectivity index (χ1v) is 5.31. The third kappa shape index (κ3) is 3.21. The molecule has 86 valence electrons. The van der Waals surface area contributed by atoms with Crippen molar-refractivity contribution in [2.75, 3.05) is 18.8 Å². The van der Waals surface area contributed by atoms with Crippen LogP contribution in [-0.2, 0) is 6.54 Å². The molecule has 0 saturated carbocycles. The van der Waals surface area contributed by atoms with Gasteiger partial charge in [0, 0.05) is 30.8 Å². The van der Waals surface area contributed by atoms with E-state index in [1.165, 1.54) is 6.07 Å². The predicted octanol–water partition coefficient (Wildman–Crippen LogP) is 2.14. The summed E-state index contributed by atoms with van der Waals surface area (Å²) in [6.45, 7) is 3.85. The molecule has 0 fully saturated rings. The molecule has 0 aliphatic carbocycles. The number of hydrogen-bond acceptors (Lipinski definition) is 3. The summed E-state index contributed by atoms with van der Waals surface area (Å²) in [7, 11) is 0. The lowest BCUT2D eigenvalue weighted by Gasteiger charge is -2.20. The first-order valence-electron chi connectivity index (χ1n) is 5.31. The predicted molar refractivity (Wildman–Crippen MR) is 62.0 cm³/mol. The Morgan fingerprint density at radius 1 is 1.50 bits per heavy atom. The van der Waals surface area contributed by atoms with E-state index in [4.69, 9.17) is 11.0 Å². The first kappa shape index (κ1) is 12.5. The van der Waals surface area contributed by atoms with Gasteiger partial charge >= 0.3 is 0 Å². The number of anilines is 1. The zero-order valence-corrected chi connectivity index (χ0v) is 9.41. The molecule has 0 aliphatic rings. The molecule has 2 N–H and O–H groups in total. The summed E-state index contributed by atoms with van der Waals surface area (Å²) in [5, 5.41) is 8.51. The fraction of sp³-hybridized carbons (Fsp3) is 0.417. The molecule has 16 heavy (non-hydrogen) atoms. The molecule has 0 aliphatic heterocycles. The quantitative estimate of drug-likeness (QED) is 0.775. The second-order valence-electron chi connectivity index (χ2n) is 3.58. The Morgan fingerprint density at radius 3 is 2.81 bits per heavy atom. The van der Waals surface area contributed by atoms with E-state index >= 15 is 0 Å². The molecule has 0 amide bonds. The number of nitrogens with zero attached hydrogens (tertiary/aromatic N) is 2. The highest BCUT2D eigenvalue weighted by molar-refractivity contribution is 5.47. The molecule has 0 radical (unpaired) electrons. The topological polar surface area (TPSA) is 53.0 Å². The lowest BCUT2D eigenvalue weighted by molar-refractivity contribution is 0.283. The molecule has 0 saturated heterocycles. The molecule has 3 nitrogen and oxygen atoms in total. The minimum atomic E-state index is -0.282. The van der Waals surface area contributed by atoms with Gasteiger partial charge in [-0.1, -0.05) is 13.0 Å². The molecule has 0 unspecified atom stereocenters. The molecule has 0 spiro atoms. The van der Waals surface area contributed by atoms with Crippen molar-refractivity contribution in [2.24, 2.45) is 0 Å². The number of hydrogen-bond donors (Lipinski definition) is 1. The van der Waals surface area contributed by atoms with Gasteiger partial charge < -0.3 is 5.73 Å². The van der Waals surface area contributed by atoms with Crippen molar-refractivity contribution < 1.29 is 4.39 Å². The van der Waals surface area contributed by atoms with Crippen molar-refractivity contribution in [3.63, 3.8) is 0 Å². The van der Waals surface area contributed by atoms with Crippen LogP contribution < -0.4 is 5.73 Å². The van der Waals surface area contributed by atoms with Gasteiger partial charge in [-0.25, -0.2) is 4.39 Å². The van der Waals surface area contributed by atoms with E-state index in [2.05, 4.69) is 6.07 Å². The highest BCUT2D eigenvalue weighted by Gasteiger charge is 2.10. The minimum Gasteiger partial charge on any atom is -0.398 e. The summed E-state index contributed by atoms with van der Waals surface area (Å²) in [6, 6.07) is 6.78. The maximum atomic E-state index is 13.5. The van der Waals surface area contributed by atoms with Crippen molar-refractivity contribution in [3.8, 4) is 6.07 Å². The van der Waals surface area contributed by atoms with Gasteiger partial charge in [-0.3, -0.25) is 4.90 Å². The van der Waals surface area contributed by atoms with E-state index in [0.29, 0.717) is 30.8 Å². The van der Waals surface area contributed by atoms with Gasteiger partial charge in [-0.2, -0.15) is 5.26 Å². The Bertz CT molecular complexity index is 364. The largest absolute Gasteiger partial charge is 0.398 e. The maximum absolute atomic E-state index is 13.5. The smallest absolute Gasteiger partial charge is 0.129 e. The molecule has 4 heteroatoms. The number of benzene rings is 1.